The minimum absolute atomic E-state index is 0.103. The van der Waals surface area contributed by atoms with Crippen LogP contribution in [0.15, 0.2) is 407 Å². The van der Waals surface area contributed by atoms with Crippen LogP contribution in [0.25, 0.3) is 199 Å². The van der Waals surface area contributed by atoms with E-state index in [-0.39, 0.29) is 10.8 Å². The fraction of sp³-hybridized carbons (Fsp3) is 0.0709. The van der Waals surface area contributed by atoms with Crippen LogP contribution in [0.1, 0.15) is 84.7 Å². The first-order chi connectivity index (χ1) is 67.7. The van der Waals surface area contributed by atoms with Gasteiger partial charge in [0, 0.05) is 91.4 Å². The average Bonchev–Trinajstić information content (AvgIpc) is 1.50. The third-order valence-corrected chi connectivity index (χ3v) is 35.9. The van der Waals surface area contributed by atoms with Gasteiger partial charge in [0.1, 0.15) is 23.3 Å². The SMILES string of the molecule is CC(C)(C)c1ccc2c(c1)c1ccccc1n2-c1cc(-c2cccc3c2[Si]2(c4ccccc4-3)c3cccnc3-c3ncccc32)cc(-n2c3ccccc3c3cc(C(C)(C)Cc4ccc(-c5ccc6c(c5)c5ccccc5n6-c5cc(-c6ccc7c(c6)-c6ccccc6C76c7ccncc7-c7cnccc76)cc(-n6c7ccccc7c7cc(-c8ccccc8)ccc76)c5C#N)cc4)ccc32)c1C#N. The molecule has 10 nitrogen and oxygen atoms in total. The molecule has 28 rings (SSSR count). The maximum Gasteiger partial charge on any atom is 0.186 e. The van der Waals surface area contributed by atoms with Crippen LogP contribution in [-0.4, -0.2) is 46.3 Å². The monoisotopic (exact) mass is 1780 g/mol. The molecule has 0 radical (unpaired) electrons. The van der Waals surface area contributed by atoms with Crippen LogP contribution in [0.2, 0.25) is 0 Å². The Morgan fingerprint density at radius 3 is 1.22 bits per heavy atom. The molecule has 0 bridgehead atoms. The highest BCUT2D eigenvalue weighted by atomic mass is 28.3. The van der Waals surface area contributed by atoms with E-state index >= 15 is 0 Å². The van der Waals surface area contributed by atoms with Gasteiger partial charge in [-0.05, 0) is 271 Å². The van der Waals surface area contributed by atoms with Gasteiger partial charge in [0.25, 0.3) is 0 Å². The summed E-state index contributed by atoms with van der Waals surface area (Å²) in [5.74, 6) is 0. The largest absolute Gasteiger partial charge is 0.308 e. The lowest BCUT2D eigenvalue weighted by Gasteiger charge is -2.30. The van der Waals surface area contributed by atoms with Crippen molar-refractivity contribution in [3.63, 3.8) is 0 Å². The fourth-order valence-corrected chi connectivity index (χ4v) is 30.5. The van der Waals surface area contributed by atoms with Crippen LogP contribution < -0.4 is 20.7 Å². The van der Waals surface area contributed by atoms with Crippen molar-refractivity contribution in [2.45, 2.75) is 57.3 Å². The third kappa shape index (κ3) is 11.0. The van der Waals surface area contributed by atoms with E-state index in [0.717, 1.165) is 183 Å². The molecular weight excluding hydrogens is 1690 g/mol. The molecule has 4 aliphatic rings. The summed E-state index contributed by atoms with van der Waals surface area (Å²) in [4.78, 5) is 19.7. The standard InChI is InChI=1S/C127H84N10Si/c1-125(2,3)84-49-54-113-97(69-84)90-29-12-18-37-109(90)136(113)117-67-83(86-32-21-33-93-92-31-14-20-39-119(92)138(124(86)93)120-40-22-58-132-122(120)123-121(138)41-23-59-133-123)68-118(100(117)73-129)137-110-38-19-13-30-91(110)98-70-85(50-55-114(98)137)126(4,5)71-76-42-44-78(45-43-76)80-48-53-112-96(64-80)89-28-11-17-36-108(89)135(112)116-66-82(65-115(99(116)72-128)134-107-35-16-10-27-88(107)95-63-79(47-52-111(95)134)77-24-7-6-8-25-77)81-46-51-104-94(62-81)87-26-9-15-34-103(87)127(104)105-56-60-130-74-101(105)102-75-131-61-57-106(102)127/h6-70,74-75H,71H2,1-5H3. The van der Waals surface area contributed by atoms with E-state index in [1.807, 2.05) is 37.2 Å². The number of pyridine rings is 4. The smallest absolute Gasteiger partial charge is 0.186 e. The Morgan fingerprint density at radius 1 is 0.283 bits per heavy atom. The van der Waals surface area contributed by atoms with Crippen molar-refractivity contribution >= 4 is 116 Å². The second-order valence-corrected chi connectivity index (χ2v) is 43.1. The molecule has 0 saturated carbocycles. The van der Waals surface area contributed by atoms with Crippen molar-refractivity contribution in [2.24, 2.45) is 0 Å². The summed E-state index contributed by atoms with van der Waals surface area (Å²) in [5.41, 5.74) is 37.5. The molecule has 24 aromatic rings. The second kappa shape index (κ2) is 29.3. The van der Waals surface area contributed by atoms with Gasteiger partial charge in [-0.2, -0.15) is 10.5 Å². The highest BCUT2D eigenvalue weighted by molar-refractivity contribution is 7.24. The van der Waals surface area contributed by atoms with Gasteiger partial charge in [-0.3, -0.25) is 19.9 Å². The van der Waals surface area contributed by atoms with Crippen molar-refractivity contribution in [3.05, 3.63) is 457 Å². The first-order valence-electron chi connectivity index (χ1n) is 47.5. The van der Waals surface area contributed by atoms with Crippen molar-refractivity contribution < 1.29 is 0 Å². The molecule has 2 aliphatic carbocycles. The predicted octanol–water partition coefficient (Wildman–Crippen LogP) is 27.6. The Hall–Kier alpha value is -17.5. The van der Waals surface area contributed by atoms with Gasteiger partial charge in [0.15, 0.2) is 8.07 Å². The molecule has 0 unspecified atom stereocenters. The number of aromatic nitrogens is 8. The Labute approximate surface area is 797 Å². The summed E-state index contributed by atoms with van der Waals surface area (Å²) < 4.78 is 9.43. The fourth-order valence-electron chi connectivity index (χ4n) is 24.9. The molecule has 0 amide bonds. The first-order valence-corrected chi connectivity index (χ1v) is 49.5. The van der Waals surface area contributed by atoms with Crippen LogP contribution in [-0.2, 0) is 22.7 Å². The van der Waals surface area contributed by atoms with Crippen molar-refractivity contribution in [1.29, 1.82) is 10.5 Å². The van der Waals surface area contributed by atoms with E-state index in [4.69, 9.17) is 9.97 Å². The zero-order chi connectivity index (χ0) is 91.9. The molecule has 0 atom stereocenters. The molecule has 2 aliphatic heterocycles. The lowest BCUT2D eigenvalue weighted by molar-refractivity contribution is 0.523. The van der Waals surface area contributed by atoms with Crippen molar-refractivity contribution in [3.8, 4) is 124 Å². The molecule has 16 aromatic carbocycles. The summed E-state index contributed by atoms with van der Waals surface area (Å²) in [6, 6.07) is 142. The van der Waals surface area contributed by atoms with Gasteiger partial charge < -0.3 is 18.3 Å². The van der Waals surface area contributed by atoms with E-state index in [1.54, 1.807) is 0 Å². The topological polar surface area (TPSA) is 119 Å². The lowest BCUT2D eigenvalue weighted by Crippen LogP contribution is -2.71. The summed E-state index contributed by atoms with van der Waals surface area (Å²) in [6.07, 6.45) is 12.5. The van der Waals surface area contributed by atoms with Crippen LogP contribution in [0.5, 0.6) is 0 Å². The summed E-state index contributed by atoms with van der Waals surface area (Å²) in [5, 5.41) is 38.7. The maximum atomic E-state index is 12.4. The maximum absolute atomic E-state index is 12.4. The molecule has 0 N–H and O–H groups in total. The minimum Gasteiger partial charge on any atom is -0.308 e. The Bertz CT molecular complexity index is 9460. The highest BCUT2D eigenvalue weighted by Crippen LogP contribution is 2.63. The zero-order valence-corrected chi connectivity index (χ0v) is 77.4. The van der Waals surface area contributed by atoms with Gasteiger partial charge in [-0.1, -0.05) is 277 Å². The molecule has 0 saturated heterocycles. The lowest BCUT2D eigenvalue weighted by atomic mass is 9.71. The molecule has 11 heteroatoms. The van der Waals surface area contributed by atoms with Gasteiger partial charge in [0.2, 0.25) is 0 Å². The normalized spacial score (nSPS) is 13.4. The molecular formula is C127H84N10Si. The van der Waals surface area contributed by atoms with Crippen LogP contribution >= 0.6 is 0 Å². The Kier molecular flexibility index (Phi) is 16.8. The van der Waals surface area contributed by atoms with Crippen molar-refractivity contribution in [2.75, 3.05) is 0 Å². The summed E-state index contributed by atoms with van der Waals surface area (Å²) in [6.45, 7) is 11.6. The number of hydrogen-bond acceptors (Lipinski definition) is 6. The molecule has 2 spiro atoms. The molecule has 646 valence electrons. The zero-order valence-electron chi connectivity index (χ0n) is 76.4. The number of hydrogen-bond donors (Lipinski definition) is 0. The number of fused-ring (bicyclic) bond motifs is 32. The van der Waals surface area contributed by atoms with Gasteiger partial charge in [-0.25, -0.2) is 0 Å². The minimum atomic E-state index is -3.14. The van der Waals surface area contributed by atoms with Crippen LogP contribution in [0, 0.1) is 22.7 Å². The van der Waals surface area contributed by atoms with E-state index in [1.165, 1.54) is 81.9 Å². The summed E-state index contributed by atoms with van der Waals surface area (Å²) in [7, 11) is -3.14. The average molecular weight is 1780 g/mol. The van der Waals surface area contributed by atoms with E-state index in [2.05, 4.69) is 445 Å². The number of rotatable bonds is 11. The van der Waals surface area contributed by atoms with E-state index in [0.29, 0.717) is 11.1 Å². The molecule has 8 aromatic heterocycles. The van der Waals surface area contributed by atoms with E-state index < -0.39 is 13.5 Å². The Balaban J connectivity index is 0.565. The first kappa shape index (κ1) is 79.1. The molecule has 0 fully saturated rings. The Morgan fingerprint density at radius 2 is 0.681 bits per heavy atom. The van der Waals surface area contributed by atoms with Gasteiger partial charge in [0.05, 0.1) is 83.7 Å². The predicted molar refractivity (Wildman–Crippen MR) is 566 cm³/mol. The van der Waals surface area contributed by atoms with Gasteiger partial charge in [-0.15, -0.1) is 0 Å². The molecule has 138 heavy (non-hydrogen) atoms. The number of nitrogens with zero attached hydrogens (tertiary/aromatic N) is 10. The summed E-state index contributed by atoms with van der Waals surface area (Å²) >= 11 is 0. The van der Waals surface area contributed by atoms with Crippen LogP contribution in [0.3, 0.4) is 0 Å². The van der Waals surface area contributed by atoms with E-state index in [9.17, 15) is 10.5 Å². The third-order valence-electron chi connectivity index (χ3n) is 30.9. The van der Waals surface area contributed by atoms with Crippen LogP contribution in [0.4, 0.5) is 0 Å². The number of benzene rings is 16. The van der Waals surface area contributed by atoms with Gasteiger partial charge >= 0.3 is 0 Å². The second-order valence-electron chi connectivity index (χ2n) is 39.4. The number of para-hydroxylation sites is 4. The quantitative estimate of drug-likeness (QED) is 0.119. The molecule has 10 heterocycles. The van der Waals surface area contributed by atoms with Crippen molar-refractivity contribution in [1.82, 2.24) is 38.2 Å². The highest BCUT2D eigenvalue weighted by Gasteiger charge is 2.57. The number of nitriles is 2.